The number of piperazine rings is 1. The Bertz CT molecular complexity index is 1670. The van der Waals surface area contributed by atoms with Crippen LogP contribution in [0.3, 0.4) is 0 Å². The zero-order chi connectivity index (χ0) is 29.8. The van der Waals surface area contributed by atoms with Crippen LogP contribution in [0.15, 0.2) is 59.9 Å². The number of hydrogen-bond acceptors (Lipinski definition) is 8. The van der Waals surface area contributed by atoms with Crippen LogP contribution in [-0.2, 0) is 15.6 Å². The van der Waals surface area contributed by atoms with E-state index in [9.17, 15) is 39.9 Å². The maximum Gasteiger partial charge on any atom is 0.430 e. The number of aliphatic hydroxyl groups is 1. The molecule has 0 amide bonds. The van der Waals surface area contributed by atoms with E-state index in [0.29, 0.717) is 23.2 Å². The van der Waals surface area contributed by atoms with E-state index in [2.05, 4.69) is 20.2 Å². The molecule has 0 radical (unpaired) electrons. The summed E-state index contributed by atoms with van der Waals surface area (Å²) < 4.78 is 109. The summed E-state index contributed by atoms with van der Waals surface area (Å²) in [6, 6.07) is 7.85. The summed E-state index contributed by atoms with van der Waals surface area (Å²) in [5, 5.41) is 17.0. The normalized spacial score (nSPS) is 15.9. The number of aromatic nitrogens is 4. The lowest BCUT2D eigenvalue weighted by Crippen LogP contribution is -2.54. The lowest BCUT2D eigenvalue weighted by atomic mass is 9.90. The summed E-state index contributed by atoms with van der Waals surface area (Å²) in [6.07, 6.45) is -9.41. The highest BCUT2D eigenvalue weighted by atomic mass is 32.2. The van der Waals surface area contributed by atoms with Crippen LogP contribution in [0.5, 0.6) is 0 Å². The second-order valence-corrected chi connectivity index (χ2v) is 11.2. The van der Waals surface area contributed by atoms with E-state index in [1.165, 1.54) is 34.8 Å². The minimum Gasteiger partial charge on any atom is -0.384 e. The molecule has 0 unspecified atom stereocenters. The van der Waals surface area contributed by atoms with Crippen LogP contribution in [0.25, 0.3) is 22.0 Å². The van der Waals surface area contributed by atoms with E-state index in [1.54, 1.807) is 11.0 Å². The van der Waals surface area contributed by atoms with Crippen LogP contribution in [0.2, 0.25) is 0 Å². The Hall–Kier alpha value is -3.96. The molecule has 1 aliphatic heterocycles. The molecular weight excluding hydrogens is 580 g/mol. The van der Waals surface area contributed by atoms with Crippen molar-refractivity contribution in [2.24, 2.45) is 0 Å². The maximum atomic E-state index is 13.7. The average molecular weight is 602 g/mol. The van der Waals surface area contributed by atoms with Crippen molar-refractivity contribution in [3.05, 3.63) is 60.6 Å². The summed E-state index contributed by atoms with van der Waals surface area (Å²) in [5.41, 5.74) is -0.665. The Labute approximate surface area is 228 Å². The minimum atomic E-state index is -6.11. The fourth-order valence-corrected chi connectivity index (χ4v) is 6.00. The van der Waals surface area contributed by atoms with Gasteiger partial charge in [-0.2, -0.15) is 35.7 Å². The van der Waals surface area contributed by atoms with Gasteiger partial charge in [0.05, 0.1) is 11.7 Å². The predicted octanol–water partition coefficient (Wildman–Crippen LogP) is 3.43. The van der Waals surface area contributed by atoms with Gasteiger partial charge in [0, 0.05) is 55.1 Å². The Balaban J connectivity index is 1.56. The smallest absolute Gasteiger partial charge is 0.384 e. The number of fused-ring (bicyclic) bond motifs is 1. The first-order valence-electron chi connectivity index (χ1n) is 11.9. The van der Waals surface area contributed by atoms with E-state index in [1.807, 2.05) is 0 Å². The standard InChI is InChI=1S/C24H21F6N7O3S/c25-23(26,27)22(38,24(28,29)30)14-10-17(16-2-1-3-19-18(16)13-34-35-19)21(33-11-14)36-6-8-37(9-7-36)41(39,40)15-4-5-20(31)32-12-15/h1-5,10-13,38H,6-9H2,(H2,31,32)(H,34,35). The Kier molecular flexibility index (Phi) is 6.86. The van der Waals surface area contributed by atoms with E-state index >= 15 is 0 Å². The SMILES string of the molecule is Nc1ccc(S(=O)(=O)N2CCN(c3ncc(C(O)(C(F)(F)F)C(F)(F)F)cc3-c3cccc4[nH]ncc34)CC2)cn1. The molecule has 0 atom stereocenters. The van der Waals surface area contributed by atoms with Gasteiger partial charge in [-0.15, -0.1) is 0 Å². The van der Waals surface area contributed by atoms with Crippen molar-refractivity contribution < 1.29 is 39.9 Å². The summed E-state index contributed by atoms with van der Waals surface area (Å²) in [5.74, 6) is 0.131. The van der Waals surface area contributed by atoms with Crippen molar-refractivity contribution in [3.8, 4) is 11.1 Å². The van der Waals surface area contributed by atoms with Crippen LogP contribution in [0, 0.1) is 0 Å². The van der Waals surface area contributed by atoms with Gasteiger partial charge in [0.25, 0.3) is 5.60 Å². The van der Waals surface area contributed by atoms with Crippen molar-refractivity contribution in [3.63, 3.8) is 0 Å². The fourth-order valence-electron chi connectivity index (χ4n) is 4.63. The third kappa shape index (κ3) is 4.82. The first-order valence-corrected chi connectivity index (χ1v) is 13.3. The zero-order valence-electron chi connectivity index (χ0n) is 20.8. The highest BCUT2D eigenvalue weighted by molar-refractivity contribution is 7.89. The van der Waals surface area contributed by atoms with Crippen molar-refractivity contribution in [1.82, 2.24) is 24.5 Å². The molecule has 4 aromatic rings. The van der Waals surface area contributed by atoms with Crippen LogP contribution in [0.4, 0.5) is 38.0 Å². The number of halogens is 6. The summed E-state index contributed by atoms with van der Waals surface area (Å²) >= 11 is 0. The van der Waals surface area contributed by atoms with E-state index in [-0.39, 0.29) is 53.8 Å². The van der Waals surface area contributed by atoms with Crippen LogP contribution in [-0.4, -0.2) is 76.5 Å². The second-order valence-electron chi connectivity index (χ2n) is 9.25. The zero-order valence-corrected chi connectivity index (χ0v) is 21.6. The minimum absolute atomic E-state index is 0.000322. The van der Waals surface area contributed by atoms with Gasteiger partial charge in [-0.05, 0) is 29.8 Å². The monoisotopic (exact) mass is 601 g/mol. The quantitative estimate of drug-likeness (QED) is 0.296. The molecule has 0 spiro atoms. The predicted molar refractivity (Wildman–Crippen MR) is 135 cm³/mol. The second kappa shape index (κ2) is 9.85. The fraction of sp³-hybridized carbons (Fsp3) is 0.292. The van der Waals surface area contributed by atoms with Crippen LogP contribution < -0.4 is 10.6 Å². The Morgan fingerprint density at radius 1 is 0.878 bits per heavy atom. The number of sulfonamides is 1. The van der Waals surface area contributed by atoms with Gasteiger partial charge in [-0.1, -0.05) is 12.1 Å². The highest BCUT2D eigenvalue weighted by Crippen LogP contribution is 2.51. The number of H-pyrrole nitrogens is 1. The van der Waals surface area contributed by atoms with Gasteiger partial charge in [0.2, 0.25) is 10.0 Å². The number of benzene rings is 1. The van der Waals surface area contributed by atoms with Crippen molar-refractivity contribution in [2.75, 3.05) is 36.8 Å². The largest absolute Gasteiger partial charge is 0.430 e. The first-order chi connectivity index (χ1) is 19.1. The molecule has 0 bridgehead atoms. The lowest BCUT2D eigenvalue weighted by Gasteiger charge is -2.36. The highest BCUT2D eigenvalue weighted by Gasteiger charge is 2.71. The van der Waals surface area contributed by atoms with Gasteiger partial charge in [-0.3, -0.25) is 5.10 Å². The molecule has 17 heteroatoms. The first kappa shape index (κ1) is 28.6. The van der Waals surface area contributed by atoms with Gasteiger partial charge in [0.1, 0.15) is 16.5 Å². The number of pyridine rings is 2. The van der Waals surface area contributed by atoms with Crippen molar-refractivity contribution in [1.29, 1.82) is 0 Å². The van der Waals surface area contributed by atoms with Crippen LogP contribution >= 0.6 is 0 Å². The lowest BCUT2D eigenvalue weighted by molar-refractivity contribution is -0.376. The molecular formula is C24H21F6N7O3S. The molecule has 10 nitrogen and oxygen atoms in total. The number of nitrogens with zero attached hydrogens (tertiary/aromatic N) is 5. The number of nitrogen functional groups attached to an aromatic ring is 1. The van der Waals surface area contributed by atoms with E-state index in [4.69, 9.17) is 5.73 Å². The number of hydrogen-bond donors (Lipinski definition) is 3. The number of anilines is 2. The Morgan fingerprint density at radius 3 is 2.17 bits per heavy atom. The van der Waals surface area contributed by atoms with Gasteiger partial charge in [0.15, 0.2) is 0 Å². The summed E-state index contributed by atoms with van der Waals surface area (Å²) in [6.45, 7) is -0.128. The summed E-state index contributed by atoms with van der Waals surface area (Å²) in [7, 11) is -3.95. The third-order valence-corrected chi connectivity index (χ3v) is 8.70. The number of alkyl halides is 6. The average Bonchev–Trinajstić information content (AvgIpc) is 3.41. The van der Waals surface area contributed by atoms with E-state index < -0.39 is 33.5 Å². The number of aromatic amines is 1. The molecule has 41 heavy (non-hydrogen) atoms. The molecule has 1 fully saturated rings. The molecule has 0 saturated carbocycles. The van der Waals surface area contributed by atoms with Crippen molar-refractivity contribution in [2.45, 2.75) is 22.8 Å². The Morgan fingerprint density at radius 2 is 1.56 bits per heavy atom. The molecule has 218 valence electrons. The van der Waals surface area contributed by atoms with Gasteiger partial charge < -0.3 is 15.7 Å². The van der Waals surface area contributed by atoms with Gasteiger partial charge in [-0.25, -0.2) is 18.4 Å². The summed E-state index contributed by atoms with van der Waals surface area (Å²) in [4.78, 5) is 9.21. The molecule has 5 rings (SSSR count). The van der Waals surface area contributed by atoms with Gasteiger partial charge >= 0.3 is 12.4 Å². The molecule has 3 aromatic heterocycles. The molecule has 1 aromatic carbocycles. The van der Waals surface area contributed by atoms with E-state index in [0.717, 1.165) is 6.20 Å². The maximum absolute atomic E-state index is 13.7. The molecule has 1 aliphatic rings. The number of rotatable bonds is 5. The third-order valence-electron chi connectivity index (χ3n) is 6.82. The van der Waals surface area contributed by atoms with Crippen molar-refractivity contribution >= 4 is 32.6 Å². The van der Waals surface area contributed by atoms with Crippen LogP contribution in [0.1, 0.15) is 5.56 Å². The molecule has 0 aliphatic carbocycles. The topological polar surface area (TPSA) is 141 Å². The molecule has 4 N–H and O–H groups in total. The molecule has 1 saturated heterocycles. The number of nitrogens with two attached hydrogens (primary N) is 1. The number of nitrogens with one attached hydrogen (secondary N) is 1. The molecule has 4 heterocycles.